The summed E-state index contributed by atoms with van der Waals surface area (Å²) in [5.41, 5.74) is 1.18. The largest absolute Gasteiger partial charge is 0.496 e. The number of hydrogen-bond acceptors (Lipinski definition) is 2. The van der Waals surface area contributed by atoms with Gasteiger partial charge in [0, 0.05) is 16.6 Å². The van der Waals surface area contributed by atoms with E-state index < -0.39 is 0 Å². The van der Waals surface area contributed by atoms with E-state index in [2.05, 4.69) is 26.1 Å². The molecule has 0 radical (unpaired) electrons. The zero-order chi connectivity index (χ0) is 14.3. The molecule has 0 bridgehead atoms. The van der Waals surface area contributed by atoms with Crippen LogP contribution in [0.2, 0.25) is 5.02 Å². The lowest BCUT2D eigenvalue weighted by Crippen LogP contribution is -2.29. The number of ether oxygens (including phenoxy) is 1. The average Bonchev–Trinajstić information content (AvgIpc) is 2.43. The van der Waals surface area contributed by atoms with Gasteiger partial charge in [0.25, 0.3) is 0 Å². The fraction of sp³-hybridized carbons (Fsp3) is 0.625. The summed E-state index contributed by atoms with van der Waals surface area (Å²) >= 11 is 6.16. The molecular formula is C16H26ClNO. The summed E-state index contributed by atoms with van der Waals surface area (Å²) in [7, 11) is 1.72. The van der Waals surface area contributed by atoms with Crippen molar-refractivity contribution in [2.45, 2.75) is 46.1 Å². The first kappa shape index (κ1) is 16.3. The van der Waals surface area contributed by atoms with E-state index in [-0.39, 0.29) is 0 Å². The van der Waals surface area contributed by atoms with E-state index >= 15 is 0 Å². The highest BCUT2D eigenvalue weighted by Gasteiger charge is 2.23. The maximum atomic E-state index is 6.16. The molecule has 0 aromatic heterocycles. The van der Waals surface area contributed by atoms with Crippen LogP contribution in [0.5, 0.6) is 5.75 Å². The number of benzene rings is 1. The van der Waals surface area contributed by atoms with E-state index in [1.54, 1.807) is 7.11 Å². The molecule has 0 spiro atoms. The minimum Gasteiger partial charge on any atom is -0.496 e. The van der Waals surface area contributed by atoms with Gasteiger partial charge in [-0.1, -0.05) is 45.2 Å². The first-order valence-corrected chi connectivity index (χ1v) is 7.62. The highest BCUT2D eigenvalue weighted by molar-refractivity contribution is 6.30. The second kappa shape index (κ2) is 8.44. The first-order chi connectivity index (χ1) is 9.17. The molecule has 3 heteroatoms. The van der Waals surface area contributed by atoms with Crippen LogP contribution >= 0.6 is 11.6 Å². The van der Waals surface area contributed by atoms with Crippen molar-refractivity contribution >= 4 is 11.6 Å². The number of rotatable bonds is 8. The van der Waals surface area contributed by atoms with Crippen LogP contribution in [0.15, 0.2) is 18.2 Å². The summed E-state index contributed by atoms with van der Waals surface area (Å²) in [6.07, 6.45) is 3.42. The molecule has 1 aromatic carbocycles. The Morgan fingerprint density at radius 1 is 1.21 bits per heavy atom. The van der Waals surface area contributed by atoms with E-state index in [0.717, 1.165) is 36.6 Å². The third-order valence-corrected chi connectivity index (χ3v) is 3.90. The number of methoxy groups -OCH3 is 1. The fourth-order valence-corrected chi connectivity index (χ4v) is 2.72. The Kier molecular flexibility index (Phi) is 7.25. The van der Waals surface area contributed by atoms with Gasteiger partial charge >= 0.3 is 0 Å². The van der Waals surface area contributed by atoms with Crippen LogP contribution in [0.4, 0.5) is 0 Å². The highest BCUT2D eigenvalue weighted by Crippen LogP contribution is 2.35. The molecule has 1 N–H and O–H groups in total. The molecule has 19 heavy (non-hydrogen) atoms. The van der Waals surface area contributed by atoms with Gasteiger partial charge in [0.2, 0.25) is 0 Å². The molecule has 1 atom stereocenters. The standard InChI is InChI=1S/C16H26ClNO/c1-5-10-18-16(12(6-2)7-3)14-11-13(17)8-9-15(14)19-4/h8-9,11-12,16,18H,5-7,10H2,1-4H3. The van der Waals surface area contributed by atoms with Gasteiger partial charge in [-0.05, 0) is 37.1 Å². The lowest BCUT2D eigenvalue weighted by Gasteiger charge is -2.28. The van der Waals surface area contributed by atoms with E-state index in [0.29, 0.717) is 12.0 Å². The third-order valence-electron chi connectivity index (χ3n) is 3.66. The number of hydrogen-bond donors (Lipinski definition) is 1. The zero-order valence-corrected chi connectivity index (χ0v) is 13.3. The molecule has 0 aliphatic heterocycles. The Balaban J connectivity index is 3.10. The topological polar surface area (TPSA) is 21.3 Å². The van der Waals surface area contributed by atoms with Gasteiger partial charge in [0.15, 0.2) is 0 Å². The monoisotopic (exact) mass is 283 g/mol. The van der Waals surface area contributed by atoms with E-state index in [1.165, 1.54) is 5.56 Å². The summed E-state index contributed by atoms with van der Waals surface area (Å²) in [4.78, 5) is 0. The molecule has 1 aromatic rings. The second-order valence-corrected chi connectivity index (χ2v) is 5.33. The molecular weight excluding hydrogens is 258 g/mol. The van der Waals surface area contributed by atoms with E-state index in [1.807, 2.05) is 18.2 Å². The van der Waals surface area contributed by atoms with Gasteiger partial charge in [0.05, 0.1) is 7.11 Å². The smallest absolute Gasteiger partial charge is 0.123 e. The average molecular weight is 284 g/mol. The Morgan fingerprint density at radius 3 is 2.42 bits per heavy atom. The maximum Gasteiger partial charge on any atom is 0.123 e. The number of nitrogens with one attached hydrogen (secondary N) is 1. The Hall–Kier alpha value is -0.730. The van der Waals surface area contributed by atoms with Gasteiger partial charge in [0.1, 0.15) is 5.75 Å². The lowest BCUT2D eigenvalue weighted by atomic mass is 9.88. The van der Waals surface area contributed by atoms with Gasteiger partial charge in [-0.2, -0.15) is 0 Å². The van der Waals surface area contributed by atoms with Crippen molar-refractivity contribution in [1.29, 1.82) is 0 Å². The molecule has 0 aliphatic carbocycles. The third kappa shape index (κ3) is 4.39. The van der Waals surface area contributed by atoms with Crippen LogP contribution in [0.3, 0.4) is 0 Å². The summed E-state index contributed by atoms with van der Waals surface area (Å²) in [5, 5.41) is 4.42. The van der Waals surface area contributed by atoms with Crippen LogP contribution in [0.1, 0.15) is 51.6 Å². The van der Waals surface area contributed by atoms with Crippen molar-refractivity contribution in [1.82, 2.24) is 5.32 Å². The minimum atomic E-state index is 0.309. The van der Waals surface area contributed by atoms with Crippen molar-refractivity contribution in [3.05, 3.63) is 28.8 Å². The Morgan fingerprint density at radius 2 is 1.89 bits per heavy atom. The summed E-state index contributed by atoms with van der Waals surface area (Å²) in [5.74, 6) is 1.52. The molecule has 0 aliphatic rings. The summed E-state index contributed by atoms with van der Waals surface area (Å²) in [6, 6.07) is 6.18. The van der Waals surface area contributed by atoms with Crippen LogP contribution in [0.25, 0.3) is 0 Å². The Labute approximate surface area is 122 Å². The van der Waals surface area contributed by atoms with Crippen molar-refractivity contribution < 1.29 is 4.74 Å². The molecule has 1 rings (SSSR count). The number of halogens is 1. The van der Waals surface area contributed by atoms with Gasteiger partial charge in [-0.15, -0.1) is 0 Å². The highest BCUT2D eigenvalue weighted by atomic mass is 35.5. The second-order valence-electron chi connectivity index (χ2n) is 4.89. The summed E-state index contributed by atoms with van der Waals surface area (Å²) in [6.45, 7) is 7.68. The predicted octanol–water partition coefficient (Wildman–Crippen LogP) is 4.83. The SMILES string of the molecule is CCCNC(c1cc(Cl)ccc1OC)C(CC)CC. The van der Waals surface area contributed by atoms with Gasteiger partial charge in [-0.3, -0.25) is 0 Å². The van der Waals surface area contributed by atoms with Crippen LogP contribution in [0, 0.1) is 5.92 Å². The first-order valence-electron chi connectivity index (χ1n) is 7.24. The zero-order valence-electron chi connectivity index (χ0n) is 12.5. The molecule has 0 heterocycles. The molecule has 108 valence electrons. The van der Waals surface area contributed by atoms with Crippen molar-refractivity contribution in [3.8, 4) is 5.75 Å². The van der Waals surface area contributed by atoms with Crippen LogP contribution in [-0.2, 0) is 0 Å². The quantitative estimate of drug-likeness (QED) is 0.738. The van der Waals surface area contributed by atoms with Crippen LogP contribution in [-0.4, -0.2) is 13.7 Å². The van der Waals surface area contributed by atoms with Crippen molar-refractivity contribution in [2.24, 2.45) is 5.92 Å². The normalized spacial score (nSPS) is 12.7. The van der Waals surface area contributed by atoms with Crippen LogP contribution < -0.4 is 10.1 Å². The molecule has 1 unspecified atom stereocenters. The lowest BCUT2D eigenvalue weighted by molar-refractivity contribution is 0.326. The summed E-state index contributed by atoms with van der Waals surface area (Å²) < 4.78 is 5.50. The Bertz CT molecular complexity index is 377. The van der Waals surface area contributed by atoms with E-state index in [9.17, 15) is 0 Å². The van der Waals surface area contributed by atoms with Gasteiger partial charge in [-0.25, -0.2) is 0 Å². The van der Waals surface area contributed by atoms with Crippen molar-refractivity contribution in [2.75, 3.05) is 13.7 Å². The minimum absolute atomic E-state index is 0.309. The van der Waals surface area contributed by atoms with E-state index in [4.69, 9.17) is 16.3 Å². The molecule has 0 amide bonds. The fourth-order valence-electron chi connectivity index (χ4n) is 2.54. The predicted molar refractivity (Wildman–Crippen MR) is 83.1 cm³/mol. The molecule has 0 saturated heterocycles. The maximum absolute atomic E-state index is 6.16. The molecule has 0 fully saturated rings. The molecule has 0 saturated carbocycles. The van der Waals surface area contributed by atoms with Gasteiger partial charge < -0.3 is 10.1 Å². The molecule has 2 nitrogen and oxygen atoms in total. The van der Waals surface area contributed by atoms with Crippen molar-refractivity contribution in [3.63, 3.8) is 0 Å².